The Morgan fingerprint density at radius 2 is 1.80 bits per heavy atom. The minimum absolute atomic E-state index is 0.0361. The van der Waals surface area contributed by atoms with Crippen molar-refractivity contribution >= 4 is 17.6 Å². The van der Waals surface area contributed by atoms with Gasteiger partial charge in [-0.3, -0.25) is 10.1 Å². The maximum atomic E-state index is 12.6. The van der Waals surface area contributed by atoms with Crippen LogP contribution < -0.4 is 5.32 Å². The first-order valence-corrected chi connectivity index (χ1v) is 7.16. The molecule has 0 spiro atoms. The molecule has 0 saturated heterocycles. The van der Waals surface area contributed by atoms with Crippen molar-refractivity contribution in [3.63, 3.8) is 0 Å². The van der Waals surface area contributed by atoms with Crippen LogP contribution in [0.1, 0.15) is 25.3 Å². The smallest absolute Gasteiger partial charge is 0.378 e. The van der Waals surface area contributed by atoms with Gasteiger partial charge in [0.25, 0.3) is 5.69 Å². The second-order valence-electron chi connectivity index (χ2n) is 5.34. The highest BCUT2D eigenvalue weighted by Gasteiger charge is 2.38. The molecule has 0 bridgehead atoms. The fourth-order valence-electron chi connectivity index (χ4n) is 2.84. The molecule has 8 nitrogen and oxygen atoms in total. The molecule has 1 heterocycles. The number of hydrogen-bond acceptors (Lipinski definition) is 7. The number of benzene rings is 1. The number of carbonyl (C=O) groups excluding carboxylic acids is 2. The Morgan fingerprint density at radius 1 is 1.20 bits per heavy atom. The van der Waals surface area contributed by atoms with Crippen molar-refractivity contribution in [3.05, 3.63) is 62.5 Å². The third-order valence-corrected chi connectivity index (χ3v) is 3.87. The fraction of sp³-hybridized carbons (Fsp3) is 0.250. The number of dihydropyridines is 1. The minimum Gasteiger partial charge on any atom is -0.466 e. The summed E-state index contributed by atoms with van der Waals surface area (Å²) in [7, 11) is 1.16. The standard InChI is InChI=1S/C16H15FN2O6/c1-8-12(15(20)24-3)14(13(9(2)18-8)16(21)25-17)10-5-4-6-11(7-10)19(22)23/h4-7,14,18H,1-3H3. The Labute approximate surface area is 142 Å². The quantitative estimate of drug-likeness (QED) is 0.505. The number of ether oxygens (including phenoxy) is 1. The van der Waals surface area contributed by atoms with Gasteiger partial charge in [0.15, 0.2) is 0 Å². The van der Waals surface area contributed by atoms with Gasteiger partial charge in [-0.05, 0) is 19.4 Å². The molecule has 0 saturated carbocycles. The topological polar surface area (TPSA) is 108 Å². The number of nitrogens with zero attached hydrogens (tertiary/aromatic N) is 1. The Balaban J connectivity index is 2.72. The van der Waals surface area contributed by atoms with E-state index in [4.69, 9.17) is 4.74 Å². The summed E-state index contributed by atoms with van der Waals surface area (Å²) in [6.07, 6.45) is 0. The first-order chi connectivity index (χ1) is 11.8. The second kappa shape index (κ2) is 7.12. The fourth-order valence-corrected chi connectivity index (χ4v) is 2.84. The van der Waals surface area contributed by atoms with E-state index in [-0.39, 0.29) is 28.1 Å². The van der Waals surface area contributed by atoms with Crippen LogP contribution in [0, 0.1) is 10.1 Å². The molecule has 0 aliphatic carbocycles. The Bertz CT molecular complexity index is 777. The van der Waals surface area contributed by atoms with Gasteiger partial charge in [0.1, 0.15) is 0 Å². The summed E-state index contributed by atoms with van der Waals surface area (Å²) >= 11 is 0. The zero-order valence-electron chi connectivity index (χ0n) is 13.7. The molecule has 132 valence electrons. The number of rotatable bonds is 4. The molecule has 9 heteroatoms. The van der Waals surface area contributed by atoms with Crippen molar-refractivity contribution < 1.29 is 28.7 Å². The molecule has 1 unspecified atom stereocenters. The largest absolute Gasteiger partial charge is 0.466 e. The molecule has 1 aromatic carbocycles. The van der Waals surface area contributed by atoms with Gasteiger partial charge in [-0.1, -0.05) is 12.1 Å². The molecule has 0 aromatic heterocycles. The van der Waals surface area contributed by atoms with Crippen LogP contribution in [0.2, 0.25) is 0 Å². The normalized spacial score (nSPS) is 17.0. The zero-order valence-corrected chi connectivity index (χ0v) is 13.7. The van der Waals surface area contributed by atoms with Crippen molar-refractivity contribution in [3.8, 4) is 0 Å². The van der Waals surface area contributed by atoms with Crippen LogP contribution in [0.3, 0.4) is 0 Å². The van der Waals surface area contributed by atoms with Crippen LogP contribution in [-0.2, 0) is 19.3 Å². The summed E-state index contributed by atoms with van der Waals surface area (Å²) < 4.78 is 17.3. The number of methoxy groups -OCH3 is 1. The van der Waals surface area contributed by atoms with Gasteiger partial charge in [-0.15, -0.1) is 0 Å². The van der Waals surface area contributed by atoms with Crippen LogP contribution in [-0.4, -0.2) is 24.0 Å². The summed E-state index contributed by atoms with van der Waals surface area (Å²) in [6.45, 7) is 3.09. The van der Waals surface area contributed by atoms with Crippen molar-refractivity contribution in [1.29, 1.82) is 0 Å². The van der Waals surface area contributed by atoms with Gasteiger partial charge in [0, 0.05) is 28.1 Å². The van der Waals surface area contributed by atoms with E-state index in [2.05, 4.69) is 10.3 Å². The number of nitro benzene ring substituents is 1. The van der Waals surface area contributed by atoms with E-state index < -0.39 is 22.8 Å². The van der Waals surface area contributed by atoms with E-state index in [1.807, 2.05) is 0 Å². The Kier molecular flexibility index (Phi) is 5.16. The molecule has 1 aliphatic rings. The highest BCUT2D eigenvalue weighted by molar-refractivity contribution is 5.99. The SMILES string of the molecule is COC(=O)C1=C(C)NC(C)=C(C(=O)OF)C1c1cccc([N+](=O)[O-])c1. The molecule has 0 amide bonds. The monoisotopic (exact) mass is 350 g/mol. The molecule has 1 atom stereocenters. The maximum Gasteiger partial charge on any atom is 0.378 e. The minimum atomic E-state index is -1.30. The van der Waals surface area contributed by atoms with E-state index >= 15 is 0 Å². The molecular formula is C16H15FN2O6. The lowest BCUT2D eigenvalue weighted by Gasteiger charge is -2.29. The number of nitro groups is 1. The predicted octanol–water partition coefficient (Wildman–Crippen LogP) is 2.43. The third-order valence-electron chi connectivity index (χ3n) is 3.87. The number of hydrogen-bond donors (Lipinski definition) is 1. The van der Waals surface area contributed by atoms with Crippen molar-refractivity contribution in [2.45, 2.75) is 19.8 Å². The highest BCUT2D eigenvalue weighted by atomic mass is 19.3. The average molecular weight is 350 g/mol. The van der Waals surface area contributed by atoms with Crippen LogP contribution in [0.25, 0.3) is 0 Å². The van der Waals surface area contributed by atoms with Crippen molar-refractivity contribution in [2.24, 2.45) is 0 Å². The summed E-state index contributed by atoms with van der Waals surface area (Å²) in [5.74, 6) is -3.12. The Hall–Kier alpha value is -3.23. The van der Waals surface area contributed by atoms with E-state index in [0.29, 0.717) is 5.70 Å². The van der Waals surface area contributed by atoms with Crippen molar-refractivity contribution in [2.75, 3.05) is 7.11 Å². The van der Waals surface area contributed by atoms with Crippen LogP contribution in [0.5, 0.6) is 0 Å². The van der Waals surface area contributed by atoms with E-state index in [0.717, 1.165) is 7.11 Å². The third kappa shape index (κ3) is 3.35. The van der Waals surface area contributed by atoms with Crippen LogP contribution in [0.15, 0.2) is 46.8 Å². The lowest BCUT2D eigenvalue weighted by molar-refractivity contribution is -0.384. The number of esters is 1. The predicted molar refractivity (Wildman–Crippen MR) is 83.6 cm³/mol. The Morgan fingerprint density at radius 3 is 2.32 bits per heavy atom. The van der Waals surface area contributed by atoms with Gasteiger partial charge in [-0.2, -0.15) is 0 Å². The van der Waals surface area contributed by atoms with Gasteiger partial charge in [0.05, 0.1) is 29.1 Å². The molecule has 1 N–H and O–H groups in total. The lowest BCUT2D eigenvalue weighted by Crippen LogP contribution is -2.31. The maximum absolute atomic E-state index is 12.6. The van der Waals surface area contributed by atoms with Crippen LogP contribution in [0.4, 0.5) is 10.2 Å². The molecule has 0 radical (unpaired) electrons. The number of carbonyl (C=O) groups is 2. The summed E-state index contributed by atoms with van der Waals surface area (Å²) in [4.78, 5) is 37.9. The van der Waals surface area contributed by atoms with E-state index in [1.165, 1.54) is 31.2 Å². The molecule has 1 aromatic rings. The van der Waals surface area contributed by atoms with Gasteiger partial charge in [-0.25, -0.2) is 14.5 Å². The van der Waals surface area contributed by atoms with Gasteiger partial charge < -0.3 is 10.1 Å². The lowest BCUT2D eigenvalue weighted by atomic mass is 9.80. The van der Waals surface area contributed by atoms with Gasteiger partial charge in [0.2, 0.25) is 0 Å². The molecule has 25 heavy (non-hydrogen) atoms. The number of allylic oxidation sites excluding steroid dienone is 2. The molecule has 0 fully saturated rings. The van der Waals surface area contributed by atoms with Crippen molar-refractivity contribution in [1.82, 2.24) is 5.32 Å². The second-order valence-corrected chi connectivity index (χ2v) is 5.34. The number of halogens is 1. The first-order valence-electron chi connectivity index (χ1n) is 7.16. The summed E-state index contributed by atoms with van der Waals surface area (Å²) in [5, 5.41) is 13.8. The zero-order chi connectivity index (χ0) is 18.7. The van der Waals surface area contributed by atoms with Gasteiger partial charge >= 0.3 is 11.9 Å². The van der Waals surface area contributed by atoms with E-state index in [9.17, 15) is 24.2 Å². The molecule has 2 rings (SSSR count). The van der Waals surface area contributed by atoms with Crippen LogP contribution >= 0.6 is 0 Å². The number of non-ortho nitro benzene ring substituents is 1. The number of nitrogens with one attached hydrogen (secondary N) is 1. The average Bonchev–Trinajstić information content (AvgIpc) is 2.59. The molecule has 1 aliphatic heterocycles. The summed E-state index contributed by atoms with van der Waals surface area (Å²) in [6, 6.07) is 5.39. The highest BCUT2D eigenvalue weighted by Crippen LogP contribution is 2.40. The first kappa shape index (κ1) is 18.1. The molecular weight excluding hydrogens is 335 g/mol. The van der Waals surface area contributed by atoms with E-state index in [1.54, 1.807) is 6.92 Å². The summed E-state index contributed by atoms with van der Waals surface area (Å²) in [5.41, 5.74) is 0.544.